The molecule has 0 radical (unpaired) electrons. The summed E-state index contributed by atoms with van der Waals surface area (Å²) in [5.74, 6) is 0.0647. The molecule has 2 atom stereocenters. The number of carbonyl (C=O) groups excluding carboxylic acids is 2. The van der Waals surface area contributed by atoms with Crippen LogP contribution in [0, 0.1) is 5.92 Å². The van der Waals surface area contributed by atoms with E-state index in [9.17, 15) is 9.59 Å². The Morgan fingerprint density at radius 1 is 1.24 bits per heavy atom. The summed E-state index contributed by atoms with van der Waals surface area (Å²) in [6.45, 7) is 12.8. The molecule has 1 aliphatic heterocycles. The largest absolute Gasteiger partial charge is 0.444 e. The number of piperazine rings is 1. The summed E-state index contributed by atoms with van der Waals surface area (Å²) < 4.78 is 5.37. The molecule has 2 amide bonds. The minimum absolute atomic E-state index is 0.0404. The molecule has 21 heavy (non-hydrogen) atoms. The Hall–Kier alpha value is -1.30. The average molecular weight is 299 g/mol. The Bertz CT molecular complexity index is 390. The molecule has 0 unspecified atom stereocenters. The number of amides is 2. The molecule has 1 rings (SSSR count). The van der Waals surface area contributed by atoms with Crippen LogP contribution in [-0.4, -0.2) is 59.1 Å². The molecule has 1 heterocycles. The normalized spacial score (nSPS) is 21.4. The zero-order chi connectivity index (χ0) is 16.4. The lowest BCUT2D eigenvalue weighted by Crippen LogP contribution is -2.59. The summed E-state index contributed by atoms with van der Waals surface area (Å²) in [6.07, 6.45) is -0.324. The van der Waals surface area contributed by atoms with Crippen molar-refractivity contribution in [3.05, 3.63) is 0 Å². The summed E-state index contributed by atoms with van der Waals surface area (Å²) in [5, 5.41) is 0. The van der Waals surface area contributed by atoms with Crippen molar-refractivity contribution in [2.45, 2.75) is 59.2 Å². The fourth-order valence-corrected chi connectivity index (χ4v) is 2.25. The molecular weight excluding hydrogens is 270 g/mol. The van der Waals surface area contributed by atoms with Crippen LogP contribution in [0.5, 0.6) is 0 Å². The average Bonchev–Trinajstić information content (AvgIpc) is 2.34. The fourth-order valence-electron chi connectivity index (χ4n) is 2.25. The Kier molecular flexibility index (Phi) is 5.61. The van der Waals surface area contributed by atoms with E-state index in [0.29, 0.717) is 19.6 Å². The van der Waals surface area contributed by atoms with Crippen LogP contribution in [0.3, 0.4) is 0 Å². The molecule has 0 saturated carbocycles. The molecule has 1 fully saturated rings. The quantitative estimate of drug-likeness (QED) is 0.837. The van der Waals surface area contributed by atoms with Gasteiger partial charge in [-0.2, -0.15) is 0 Å². The standard InChI is InChI=1S/C15H29N3O3/c1-10(2)12(16)13(19)18-8-7-17(9-11(18)3)14(20)21-15(4,5)6/h10-12H,7-9,16H2,1-6H3/t11-,12-/m0/s1. The number of ether oxygens (including phenoxy) is 1. The Morgan fingerprint density at radius 2 is 1.81 bits per heavy atom. The van der Waals surface area contributed by atoms with Gasteiger partial charge in [0, 0.05) is 25.7 Å². The maximum absolute atomic E-state index is 12.3. The van der Waals surface area contributed by atoms with E-state index >= 15 is 0 Å². The van der Waals surface area contributed by atoms with E-state index < -0.39 is 11.6 Å². The first-order chi connectivity index (χ1) is 9.53. The molecule has 0 aromatic rings. The smallest absolute Gasteiger partial charge is 0.410 e. The lowest BCUT2D eigenvalue weighted by atomic mass is 10.0. The highest BCUT2D eigenvalue weighted by Gasteiger charge is 2.34. The maximum Gasteiger partial charge on any atom is 0.410 e. The van der Waals surface area contributed by atoms with E-state index in [4.69, 9.17) is 10.5 Å². The van der Waals surface area contributed by atoms with Crippen molar-refractivity contribution >= 4 is 12.0 Å². The lowest BCUT2D eigenvalue weighted by molar-refractivity contribution is -0.138. The third-order valence-electron chi connectivity index (χ3n) is 3.57. The van der Waals surface area contributed by atoms with Crippen LogP contribution in [0.1, 0.15) is 41.5 Å². The van der Waals surface area contributed by atoms with E-state index in [1.165, 1.54) is 0 Å². The molecule has 0 bridgehead atoms. The summed E-state index contributed by atoms with van der Waals surface area (Å²) in [7, 11) is 0. The van der Waals surface area contributed by atoms with E-state index in [0.717, 1.165) is 0 Å². The second-order valence-corrected chi connectivity index (χ2v) is 7.08. The predicted molar refractivity (Wildman–Crippen MR) is 81.8 cm³/mol. The van der Waals surface area contributed by atoms with Crippen LogP contribution in [0.2, 0.25) is 0 Å². The van der Waals surface area contributed by atoms with Crippen molar-refractivity contribution in [2.75, 3.05) is 19.6 Å². The molecule has 0 aromatic carbocycles. The Labute approximate surface area is 127 Å². The third-order valence-corrected chi connectivity index (χ3v) is 3.57. The first kappa shape index (κ1) is 17.8. The summed E-state index contributed by atoms with van der Waals surface area (Å²) in [6, 6.07) is -0.538. The molecule has 0 aromatic heterocycles. The number of rotatable bonds is 2. The van der Waals surface area contributed by atoms with Crippen LogP contribution < -0.4 is 5.73 Å². The van der Waals surface area contributed by atoms with Crippen LogP contribution in [0.4, 0.5) is 4.79 Å². The van der Waals surface area contributed by atoms with Gasteiger partial charge < -0.3 is 20.3 Å². The van der Waals surface area contributed by atoms with Gasteiger partial charge in [0.05, 0.1) is 6.04 Å². The Morgan fingerprint density at radius 3 is 2.24 bits per heavy atom. The highest BCUT2D eigenvalue weighted by atomic mass is 16.6. The molecule has 0 spiro atoms. The van der Waals surface area contributed by atoms with Crippen LogP contribution >= 0.6 is 0 Å². The van der Waals surface area contributed by atoms with Crippen molar-refractivity contribution in [3.63, 3.8) is 0 Å². The minimum Gasteiger partial charge on any atom is -0.444 e. The third kappa shape index (κ3) is 4.88. The second kappa shape index (κ2) is 6.64. The van der Waals surface area contributed by atoms with Gasteiger partial charge in [-0.15, -0.1) is 0 Å². The first-order valence-electron chi connectivity index (χ1n) is 7.57. The fraction of sp³-hybridized carbons (Fsp3) is 0.867. The van der Waals surface area contributed by atoms with Crippen molar-refractivity contribution in [1.29, 1.82) is 0 Å². The molecule has 0 aliphatic carbocycles. The van der Waals surface area contributed by atoms with E-state index in [-0.39, 0.29) is 24.0 Å². The zero-order valence-corrected chi connectivity index (χ0v) is 14.0. The van der Waals surface area contributed by atoms with Gasteiger partial charge in [-0.25, -0.2) is 4.79 Å². The van der Waals surface area contributed by atoms with Gasteiger partial charge in [-0.1, -0.05) is 13.8 Å². The summed E-state index contributed by atoms with van der Waals surface area (Å²) in [4.78, 5) is 27.8. The van der Waals surface area contributed by atoms with Crippen molar-refractivity contribution in [3.8, 4) is 0 Å². The van der Waals surface area contributed by atoms with E-state index in [1.54, 1.807) is 9.80 Å². The maximum atomic E-state index is 12.3. The van der Waals surface area contributed by atoms with Gasteiger partial charge in [0.15, 0.2) is 0 Å². The van der Waals surface area contributed by atoms with Gasteiger partial charge in [-0.05, 0) is 33.6 Å². The molecule has 6 nitrogen and oxygen atoms in total. The number of hydrogen-bond donors (Lipinski definition) is 1. The molecular formula is C15H29N3O3. The van der Waals surface area contributed by atoms with Crippen molar-refractivity contribution in [2.24, 2.45) is 11.7 Å². The second-order valence-electron chi connectivity index (χ2n) is 7.08. The minimum atomic E-state index is -0.507. The number of hydrogen-bond acceptors (Lipinski definition) is 4. The number of nitrogens with two attached hydrogens (primary N) is 1. The lowest BCUT2D eigenvalue weighted by Gasteiger charge is -2.41. The topological polar surface area (TPSA) is 75.9 Å². The summed E-state index contributed by atoms with van der Waals surface area (Å²) in [5.41, 5.74) is 5.43. The highest BCUT2D eigenvalue weighted by Crippen LogP contribution is 2.16. The zero-order valence-electron chi connectivity index (χ0n) is 14.0. The molecule has 6 heteroatoms. The molecule has 2 N–H and O–H groups in total. The van der Waals surface area contributed by atoms with E-state index in [1.807, 2.05) is 41.5 Å². The molecule has 122 valence electrons. The number of carbonyl (C=O) groups is 2. The Balaban J connectivity index is 2.62. The van der Waals surface area contributed by atoms with Crippen molar-refractivity contribution in [1.82, 2.24) is 9.80 Å². The number of nitrogens with zero attached hydrogens (tertiary/aromatic N) is 2. The van der Waals surface area contributed by atoms with Gasteiger partial charge in [0.25, 0.3) is 0 Å². The van der Waals surface area contributed by atoms with E-state index in [2.05, 4.69) is 0 Å². The van der Waals surface area contributed by atoms with Crippen LogP contribution in [-0.2, 0) is 9.53 Å². The first-order valence-corrected chi connectivity index (χ1v) is 7.57. The van der Waals surface area contributed by atoms with Crippen molar-refractivity contribution < 1.29 is 14.3 Å². The van der Waals surface area contributed by atoms with Gasteiger partial charge in [0.2, 0.25) is 5.91 Å². The van der Waals surface area contributed by atoms with Crippen LogP contribution in [0.15, 0.2) is 0 Å². The van der Waals surface area contributed by atoms with Crippen LogP contribution in [0.25, 0.3) is 0 Å². The summed E-state index contributed by atoms with van der Waals surface area (Å²) >= 11 is 0. The predicted octanol–water partition coefficient (Wildman–Crippen LogP) is 1.44. The van der Waals surface area contributed by atoms with Gasteiger partial charge >= 0.3 is 6.09 Å². The van der Waals surface area contributed by atoms with Gasteiger partial charge in [0.1, 0.15) is 5.60 Å². The highest BCUT2D eigenvalue weighted by molar-refractivity contribution is 5.82. The molecule has 1 aliphatic rings. The van der Waals surface area contributed by atoms with Gasteiger partial charge in [-0.3, -0.25) is 4.79 Å². The monoisotopic (exact) mass is 299 g/mol. The molecule has 1 saturated heterocycles. The SMILES string of the molecule is CC(C)[C@H](N)C(=O)N1CCN(C(=O)OC(C)(C)C)C[C@@H]1C.